The van der Waals surface area contributed by atoms with Gasteiger partial charge in [-0.25, -0.2) is 17.9 Å². The van der Waals surface area contributed by atoms with Crippen molar-refractivity contribution in [1.82, 2.24) is 19.8 Å². The summed E-state index contributed by atoms with van der Waals surface area (Å²) in [6.45, 7) is 6.71. The van der Waals surface area contributed by atoms with Gasteiger partial charge in [0, 0.05) is 18.7 Å². The Hall–Kier alpha value is -3.06. The predicted molar refractivity (Wildman–Crippen MR) is 107 cm³/mol. The lowest BCUT2D eigenvalue weighted by Crippen LogP contribution is -2.40. The Bertz CT molecular complexity index is 1090. The first kappa shape index (κ1) is 22.6. The second-order valence-corrected chi connectivity index (χ2v) is 9.79. The summed E-state index contributed by atoms with van der Waals surface area (Å²) in [5, 5.41) is 15.0. The average molecular weight is 453 g/mol. The molecule has 0 radical (unpaired) electrons. The molecule has 1 saturated heterocycles. The number of nitrogens with one attached hydrogen (secondary N) is 1. The second-order valence-electron chi connectivity index (χ2n) is 8.11. The van der Waals surface area contributed by atoms with Crippen LogP contribution >= 0.6 is 0 Å². The summed E-state index contributed by atoms with van der Waals surface area (Å²) in [6.07, 6.45) is -0.540. The molecule has 2 heterocycles. The molecule has 12 nitrogen and oxygen atoms in total. The summed E-state index contributed by atoms with van der Waals surface area (Å²) in [5.74, 6) is 0.513. The number of nitro benzene ring substituents is 1. The molecule has 31 heavy (non-hydrogen) atoms. The van der Waals surface area contributed by atoms with E-state index in [1.165, 1.54) is 17.0 Å². The number of sulfonamides is 1. The number of para-hydroxylation sites is 1. The third kappa shape index (κ3) is 5.17. The van der Waals surface area contributed by atoms with Crippen molar-refractivity contribution in [3.8, 4) is 0 Å². The Morgan fingerprint density at radius 2 is 2.03 bits per heavy atom. The summed E-state index contributed by atoms with van der Waals surface area (Å²) in [7, 11) is -4.24. The fraction of sp³-hybridized carbons (Fsp3) is 0.500. The van der Waals surface area contributed by atoms with Crippen LogP contribution in [0.25, 0.3) is 0 Å². The summed E-state index contributed by atoms with van der Waals surface area (Å²) < 4.78 is 38.8. The van der Waals surface area contributed by atoms with Crippen molar-refractivity contribution in [2.75, 3.05) is 6.54 Å². The van der Waals surface area contributed by atoms with Crippen LogP contribution in [0.4, 0.5) is 10.5 Å². The van der Waals surface area contributed by atoms with E-state index in [9.17, 15) is 23.3 Å². The molecule has 0 unspecified atom stereocenters. The highest BCUT2D eigenvalue weighted by Crippen LogP contribution is 2.34. The van der Waals surface area contributed by atoms with Crippen molar-refractivity contribution in [1.29, 1.82) is 0 Å². The fourth-order valence-corrected chi connectivity index (χ4v) is 4.66. The first-order chi connectivity index (χ1) is 14.4. The van der Waals surface area contributed by atoms with Gasteiger partial charge in [-0.3, -0.25) is 15.0 Å². The third-order valence-corrected chi connectivity index (χ3v) is 6.00. The molecule has 1 aromatic carbocycles. The van der Waals surface area contributed by atoms with Gasteiger partial charge in [0.1, 0.15) is 11.6 Å². The number of hydrogen-bond donors (Lipinski definition) is 1. The molecular weight excluding hydrogens is 430 g/mol. The Morgan fingerprint density at radius 3 is 2.61 bits per heavy atom. The maximum Gasteiger partial charge on any atom is 0.411 e. The molecular formula is C18H23N5O7S. The molecule has 0 spiro atoms. The zero-order valence-corrected chi connectivity index (χ0v) is 18.2. The van der Waals surface area contributed by atoms with Crippen LogP contribution < -0.4 is 4.72 Å². The highest BCUT2D eigenvalue weighted by molar-refractivity contribution is 7.89. The van der Waals surface area contributed by atoms with E-state index < -0.39 is 49.3 Å². The highest BCUT2D eigenvalue weighted by Gasteiger charge is 2.43. The minimum atomic E-state index is -4.24. The summed E-state index contributed by atoms with van der Waals surface area (Å²) in [5.41, 5.74) is -1.31. The van der Waals surface area contributed by atoms with Crippen LogP contribution in [0.15, 0.2) is 33.7 Å². The van der Waals surface area contributed by atoms with E-state index >= 15 is 0 Å². The Kier molecular flexibility index (Phi) is 6.00. The number of amides is 1. The molecule has 0 bridgehead atoms. The molecule has 1 N–H and O–H groups in total. The van der Waals surface area contributed by atoms with Gasteiger partial charge in [0.05, 0.1) is 4.92 Å². The molecule has 1 aliphatic rings. The van der Waals surface area contributed by atoms with E-state index in [1.807, 2.05) is 0 Å². The molecule has 0 aliphatic carbocycles. The summed E-state index contributed by atoms with van der Waals surface area (Å²) in [4.78, 5) is 28.2. The Labute approximate surface area is 178 Å². The average Bonchev–Trinajstić information content (AvgIpc) is 3.26. The number of carbonyl (C=O) groups is 1. The lowest BCUT2D eigenvalue weighted by atomic mass is 10.2. The minimum absolute atomic E-state index is 0.0408. The van der Waals surface area contributed by atoms with Gasteiger partial charge in [-0.15, -0.1) is 0 Å². The number of aromatic nitrogens is 2. The van der Waals surface area contributed by atoms with Crippen LogP contribution in [-0.4, -0.2) is 52.7 Å². The van der Waals surface area contributed by atoms with E-state index in [1.54, 1.807) is 27.7 Å². The van der Waals surface area contributed by atoms with Crippen molar-refractivity contribution < 1.29 is 27.4 Å². The van der Waals surface area contributed by atoms with Crippen molar-refractivity contribution >= 4 is 21.8 Å². The number of ether oxygens (including phenoxy) is 1. The predicted octanol–water partition coefficient (Wildman–Crippen LogP) is 2.32. The summed E-state index contributed by atoms with van der Waals surface area (Å²) in [6, 6.07) is 3.57. The number of rotatable bonds is 5. The number of benzene rings is 1. The molecule has 2 atom stereocenters. The lowest BCUT2D eigenvalue weighted by molar-refractivity contribution is -0.387. The van der Waals surface area contributed by atoms with E-state index in [0.29, 0.717) is 5.82 Å². The quantitative estimate of drug-likeness (QED) is 0.529. The zero-order chi connectivity index (χ0) is 23.0. The molecule has 1 amide bonds. The van der Waals surface area contributed by atoms with Gasteiger partial charge in [-0.1, -0.05) is 17.3 Å². The van der Waals surface area contributed by atoms with Gasteiger partial charge in [0.25, 0.3) is 5.69 Å². The van der Waals surface area contributed by atoms with E-state index in [-0.39, 0.29) is 18.9 Å². The molecule has 0 saturated carbocycles. The van der Waals surface area contributed by atoms with Gasteiger partial charge in [-0.2, -0.15) is 4.98 Å². The van der Waals surface area contributed by atoms with Crippen LogP contribution in [-0.2, 0) is 14.8 Å². The second kappa shape index (κ2) is 8.23. The SMILES string of the molecule is Cc1noc([C@@H]2C[C@H](NS(=O)(=O)c3ccccc3[N+](=O)[O-])CN2C(=O)OC(C)(C)C)n1. The van der Waals surface area contributed by atoms with E-state index in [2.05, 4.69) is 14.9 Å². The van der Waals surface area contributed by atoms with Crippen molar-refractivity contribution in [2.24, 2.45) is 0 Å². The number of likely N-dealkylation sites (tertiary alicyclic amines) is 1. The number of aryl methyl sites for hydroxylation is 1. The first-order valence-electron chi connectivity index (χ1n) is 9.43. The number of carbonyl (C=O) groups excluding carboxylic acids is 1. The number of nitro groups is 1. The molecule has 1 aromatic heterocycles. The monoisotopic (exact) mass is 453 g/mol. The lowest BCUT2D eigenvalue weighted by Gasteiger charge is -2.27. The smallest absolute Gasteiger partial charge is 0.411 e. The maximum atomic E-state index is 12.9. The first-order valence-corrected chi connectivity index (χ1v) is 10.9. The van der Waals surface area contributed by atoms with Gasteiger partial charge in [0.15, 0.2) is 10.7 Å². The standard InChI is InChI=1S/C18H23N5O7S/c1-11-19-16(30-20-11)14-9-12(10-22(14)17(24)29-18(2,3)4)21-31(27,28)15-8-6-5-7-13(15)23(25)26/h5-8,12,14,21H,9-10H2,1-4H3/t12-,14-/m0/s1. The molecule has 2 aromatic rings. The Morgan fingerprint density at radius 1 is 1.35 bits per heavy atom. The number of hydrogen-bond acceptors (Lipinski definition) is 9. The Balaban J connectivity index is 1.87. The highest BCUT2D eigenvalue weighted by atomic mass is 32.2. The van der Waals surface area contributed by atoms with Gasteiger partial charge < -0.3 is 9.26 Å². The minimum Gasteiger partial charge on any atom is -0.444 e. The van der Waals surface area contributed by atoms with Crippen molar-refractivity contribution in [3.05, 3.63) is 46.1 Å². The van der Waals surface area contributed by atoms with Gasteiger partial charge in [-0.05, 0) is 40.2 Å². The summed E-state index contributed by atoms with van der Waals surface area (Å²) >= 11 is 0. The van der Waals surface area contributed by atoms with E-state index in [0.717, 1.165) is 12.1 Å². The van der Waals surface area contributed by atoms with E-state index in [4.69, 9.17) is 9.26 Å². The van der Waals surface area contributed by atoms with Gasteiger partial charge >= 0.3 is 6.09 Å². The normalized spacial score (nSPS) is 19.4. The van der Waals surface area contributed by atoms with Crippen LogP contribution in [0, 0.1) is 17.0 Å². The topological polar surface area (TPSA) is 158 Å². The van der Waals surface area contributed by atoms with Crippen LogP contribution in [0.2, 0.25) is 0 Å². The maximum absolute atomic E-state index is 12.9. The molecule has 13 heteroatoms. The molecule has 3 rings (SSSR count). The van der Waals surface area contributed by atoms with Crippen LogP contribution in [0.1, 0.15) is 44.9 Å². The zero-order valence-electron chi connectivity index (χ0n) is 17.4. The largest absolute Gasteiger partial charge is 0.444 e. The third-order valence-electron chi connectivity index (χ3n) is 4.43. The molecule has 1 aliphatic heterocycles. The van der Waals surface area contributed by atoms with Gasteiger partial charge in [0.2, 0.25) is 15.9 Å². The van der Waals surface area contributed by atoms with Crippen LogP contribution in [0.3, 0.4) is 0 Å². The van der Waals surface area contributed by atoms with Crippen molar-refractivity contribution in [2.45, 2.75) is 56.7 Å². The van der Waals surface area contributed by atoms with Crippen molar-refractivity contribution in [3.63, 3.8) is 0 Å². The van der Waals surface area contributed by atoms with Crippen LogP contribution in [0.5, 0.6) is 0 Å². The molecule has 1 fully saturated rings. The fourth-order valence-electron chi connectivity index (χ4n) is 3.24. The molecule has 168 valence electrons. The number of nitrogens with zero attached hydrogens (tertiary/aromatic N) is 4.